The largest absolute Gasteiger partial charge is 0.480 e. The Kier molecular flexibility index (Phi) is 6.87. The molecular formula is C18H33N3O5. The monoisotopic (exact) mass is 371 g/mol. The molecule has 2 heterocycles. The Morgan fingerprint density at radius 2 is 1.85 bits per heavy atom. The zero-order chi connectivity index (χ0) is 19.5. The second kappa shape index (κ2) is 8.54. The molecule has 8 nitrogen and oxygen atoms in total. The Bertz CT molecular complexity index is 508. The van der Waals surface area contributed by atoms with Crippen LogP contribution in [0.4, 0.5) is 4.79 Å². The number of rotatable bonds is 4. The maximum absolute atomic E-state index is 12.6. The van der Waals surface area contributed by atoms with Gasteiger partial charge in [0.1, 0.15) is 5.60 Å². The van der Waals surface area contributed by atoms with Gasteiger partial charge in [-0.3, -0.25) is 14.6 Å². The zero-order valence-electron chi connectivity index (χ0n) is 16.6. The Balaban J connectivity index is 2.10. The van der Waals surface area contributed by atoms with E-state index in [4.69, 9.17) is 9.47 Å². The van der Waals surface area contributed by atoms with Crippen LogP contribution in [0.3, 0.4) is 0 Å². The van der Waals surface area contributed by atoms with Crippen molar-refractivity contribution >= 4 is 12.1 Å². The van der Waals surface area contributed by atoms with Crippen molar-refractivity contribution in [3.63, 3.8) is 0 Å². The summed E-state index contributed by atoms with van der Waals surface area (Å²) in [4.78, 5) is 29.9. The minimum Gasteiger partial charge on any atom is -0.480 e. The summed E-state index contributed by atoms with van der Waals surface area (Å²) < 4.78 is 11.0. The van der Waals surface area contributed by atoms with Gasteiger partial charge in [0.05, 0.1) is 19.8 Å². The van der Waals surface area contributed by atoms with Gasteiger partial charge in [-0.2, -0.15) is 0 Å². The van der Waals surface area contributed by atoms with Gasteiger partial charge in [0.25, 0.3) is 0 Å². The number of morpholine rings is 1. The summed E-state index contributed by atoms with van der Waals surface area (Å²) in [6.45, 7) is 13.5. The van der Waals surface area contributed by atoms with Crippen molar-refractivity contribution < 1.29 is 24.2 Å². The number of carbonyl (C=O) groups is 2. The highest BCUT2D eigenvalue weighted by Gasteiger charge is 2.38. The predicted octanol–water partition coefficient (Wildman–Crippen LogP) is 1.10. The topological polar surface area (TPSA) is 82.6 Å². The lowest BCUT2D eigenvalue weighted by Gasteiger charge is -2.47. The van der Waals surface area contributed by atoms with Gasteiger partial charge in [-0.15, -0.1) is 0 Å². The Hall–Kier alpha value is -1.38. The molecule has 0 spiro atoms. The van der Waals surface area contributed by atoms with Gasteiger partial charge in [0.2, 0.25) is 0 Å². The molecule has 2 saturated heterocycles. The average Bonchev–Trinajstić information content (AvgIpc) is 2.49. The first kappa shape index (κ1) is 20.9. The highest BCUT2D eigenvalue weighted by atomic mass is 16.6. The van der Waals surface area contributed by atoms with Crippen LogP contribution in [0.1, 0.15) is 34.6 Å². The van der Waals surface area contributed by atoms with E-state index in [2.05, 4.69) is 11.8 Å². The Labute approximate surface area is 156 Å². The van der Waals surface area contributed by atoms with E-state index in [1.165, 1.54) is 0 Å². The van der Waals surface area contributed by atoms with E-state index in [1.54, 1.807) is 4.90 Å². The van der Waals surface area contributed by atoms with Crippen molar-refractivity contribution in [1.29, 1.82) is 0 Å². The molecular weight excluding hydrogens is 338 g/mol. The number of hydrogen-bond donors (Lipinski definition) is 1. The predicted molar refractivity (Wildman–Crippen MR) is 97.3 cm³/mol. The summed E-state index contributed by atoms with van der Waals surface area (Å²) in [7, 11) is 0. The maximum atomic E-state index is 12.6. The normalized spacial score (nSPS) is 28.8. The van der Waals surface area contributed by atoms with Crippen LogP contribution in [0.2, 0.25) is 0 Å². The molecule has 0 aromatic carbocycles. The van der Waals surface area contributed by atoms with E-state index < -0.39 is 11.6 Å². The summed E-state index contributed by atoms with van der Waals surface area (Å²) in [6.07, 6.45) is -0.333. The number of ether oxygens (including phenoxy) is 2. The number of amides is 1. The van der Waals surface area contributed by atoms with Crippen molar-refractivity contribution in [3.8, 4) is 0 Å². The number of carbonyl (C=O) groups excluding carboxylic acids is 1. The van der Waals surface area contributed by atoms with E-state index in [9.17, 15) is 14.7 Å². The first-order chi connectivity index (χ1) is 12.1. The van der Waals surface area contributed by atoms with Crippen LogP contribution in [0.5, 0.6) is 0 Å². The second-order valence-electron chi connectivity index (χ2n) is 8.38. The molecule has 8 heteroatoms. The molecule has 0 radical (unpaired) electrons. The Morgan fingerprint density at radius 1 is 1.15 bits per heavy atom. The van der Waals surface area contributed by atoms with Crippen molar-refractivity contribution in [2.75, 3.05) is 45.9 Å². The first-order valence-corrected chi connectivity index (χ1v) is 9.34. The summed E-state index contributed by atoms with van der Waals surface area (Å²) in [5.74, 6) is -0.844. The van der Waals surface area contributed by atoms with Crippen LogP contribution >= 0.6 is 0 Å². The molecule has 0 saturated carbocycles. The van der Waals surface area contributed by atoms with Crippen molar-refractivity contribution in [3.05, 3.63) is 0 Å². The number of carboxylic acids is 1. The smallest absolute Gasteiger partial charge is 0.410 e. The molecule has 0 aromatic heterocycles. The number of nitrogens with zero attached hydrogens (tertiary/aromatic N) is 3. The molecule has 26 heavy (non-hydrogen) atoms. The Morgan fingerprint density at radius 3 is 2.42 bits per heavy atom. The van der Waals surface area contributed by atoms with Gasteiger partial charge < -0.3 is 19.5 Å². The molecule has 0 bridgehead atoms. The van der Waals surface area contributed by atoms with Crippen LogP contribution < -0.4 is 0 Å². The number of piperazine rings is 1. The van der Waals surface area contributed by atoms with E-state index in [-0.39, 0.29) is 30.8 Å². The molecule has 150 valence electrons. The molecule has 2 fully saturated rings. The fraction of sp³-hybridized carbons (Fsp3) is 0.889. The minimum atomic E-state index is -0.844. The van der Waals surface area contributed by atoms with Crippen molar-refractivity contribution in [2.24, 2.45) is 0 Å². The van der Waals surface area contributed by atoms with Gasteiger partial charge in [0.15, 0.2) is 0 Å². The molecule has 1 unspecified atom stereocenters. The molecule has 1 amide bonds. The fourth-order valence-electron chi connectivity index (χ4n) is 3.53. The number of aliphatic carboxylic acids is 1. The van der Waals surface area contributed by atoms with E-state index in [0.717, 1.165) is 6.54 Å². The summed E-state index contributed by atoms with van der Waals surface area (Å²) in [6, 6.07) is 0.141. The van der Waals surface area contributed by atoms with Gasteiger partial charge in [0, 0.05) is 44.3 Å². The lowest BCUT2D eigenvalue weighted by Crippen LogP contribution is -2.63. The third kappa shape index (κ3) is 5.82. The van der Waals surface area contributed by atoms with E-state index >= 15 is 0 Å². The van der Waals surface area contributed by atoms with E-state index in [0.29, 0.717) is 32.8 Å². The van der Waals surface area contributed by atoms with Crippen LogP contribution in [0.25, 0.3) is 0 Å². The van der Waals surface area contributed by atoms with Crippen LogP contribution in [-0.4, -0.2) is 102 Å². The SMILES string of the molecule is CC1COCCN1C[C@H]1CN(C(=O)OC(C)(C)C)[C@H](C)CN1CC(=O)O. The summed E-state index contributed by atoms with van der Waals surface area (Å²) in [5.41, 5.74) is -0.552. The minimum absolute atomic E-state index is 0.0180. The first-order valence-electron chi connectivity index (χ1n) is 9.34. The maximum Gasteiger partial charge on any atom is 0.410 e. The zero-order valence-corrected chi connectivity index (χ0v) is 16.6. The van der Waals surface area contributed by atoms with Gasteiger partial charge in [-0.25, -0.2) is 4.79 Å². The van der Waals surface area contributed by atoms with Gasteiger partial charge in [-0.1, -0.05) is 0 Å². The molecule has 2 aliphatic heterocycles. The number of hydrogen-bond acceptors (Lipinski definition) is 6. The standard InChI is InChI=1S/C18H33N3O5/c1-13-8-20(11-16(22)23)15(9-19-6-7-25-12-14(19)2)10-21(13)17(24)26-18(3,4)5/h13-15H,6-12H2,1-5H3,(H,22,23)/t13-,14?,15+/m1/s1. The quantitative estimate of drug-likeness (QED) is 0.792. The lowest BCUT2D eigenvalue weighted by atomic mass is 10.1. The van der Waals surface area contributed by atoms with Crippen LogP contribution in [0.15, 0.2) is 0 Å². The molecule has 0 aliphatic carbocycles. The fourth-order valence-corrected chi connectivity index (χ4v) is 3.53. The molecule has 2 aliphatic rings. The van der Waals surface area contributed by atoms with Crippen LogP contribution in [-0.2, 0) is 14.3 Å². The average molecular weight is 371 g/mol. The summed E-state index contributed by atoms with van der Waals surface area (Å²) in [5, 5.41) is 9.28. The number of carboxylic acid groups (broad SMARTS) is 1. The molecule has 2 rings (SSSR count). The van der Waals surface area contributed by atoms with Gasteiger partial charge >= 0.3 is 12.1 Å². The molecule has 3 atom stereocenters. The highest BCUT2D eigenvalue weighted by molar-refractivity contribution is 5.70. The third-order valence-electron chi connectivity index (χ3n) is 4.87. The second-order valence-corrected chi connectivity index (χ2v) is 8.38. The van der Waals surface area contributed by atoms with Gasteiger partial charge in [-0.05, 0) is 34.6 Å². The van der Waals surface area contributed by atoms with E-state index in [1.807, 2.05) is 32.6 Å². The molecule has 0 aromatic rings. The van der Waals surface area contributed by atoms with Crippen molar-refractivity contribution in [1.82, 2.24) is 14.7 Å². The molecule has 1 N–H and O–H groups in total. The lowest BCUT2D eigenvalue weighted by molar-refractivity contribution is -0.140. The highest BCUT2D eigenvalue weighted by Crippen LogP contribution is 2.21. The third-order valence-corrected chi connectivity index (χ3v) is 4.87. The van der Waals surface area contributed by atoms with Crippen LogP contribution in [0, 0.1) is 0 Å². The van der Waals surface area contributed by atoms with Crippen molar-refractivity contribution in [2.45, 2.75) is 58.3 Å². The summed E-state index contributed by atoms with van der Waals surface area (Å²) >= 11 is 0.